The van der Waals surface area contributed by atoms with Crippen molar-refractivity contribution in [3.05, 3.63) is 42.7 Å². The molecule has 0 bridgehead atoms. The van der Waals surface area contributed by atoms with Crippen LogP contribution in [0.3, 0.4) is 0 Å². The Balaban J connectivity index is 0.000000956. The predicted octanol–water partition coefficient (Wildman–Crippen LogP) is 0.380. The number of nitrogens with zero attached hydrogens (tertiary/aromatic N) is 3. The molecule has 1 aromatic heterocycles. The number of aryl methyl sites for hydroxylation is 1. The number of hydrogen-bond acceptors (Lipinski definition) is 5. The lowest BCUT2D eigenvalue weighted by atomic mass is 10.2. The van der Waals surface area contributed by atoms with Crippen molar-refractivity contribution in [2.24, 2.45) is 28.4 Å². The molecule has 2 rings (SSSR count). The van der Waals surface area contributed by atoms with Gasteiger partial charge in [0.2, 0.25) is 0 Å². The molecule has 7 nitrogen and oxygen atoms in total. The Labute approximate surface area is 118 Å². The van der Waals surface area contributed by atoms with Crippen LogP contribution in [-0.4, -0.2) is 15.4 Å². The van der Waals surface area contributed by atoms with E-state index in [4.69, 9.17) is 11.6 Å². The molecule has 20 heavy (non-hydrogen) atoms. The van der Waals surface area contributed by atoms with E-state index in [1.807, 2.05) is 30.6 Å². The van der Waals surface area contributed by atoms with E-state index in [9.17, 15) is 0 Å². The average molecular weight is 275 g/mol. The van der Waals surface area contributed by atoms with Crippen LogP contribution in [0.25, 0.3) is 11.4 Å². The van der Waals surface area contributed by atoms with E-state index < -0.39 is 0 Å². The third-order valence-corrected chi connectivity index (χ3v) is 2.75. The fourth-order valence-corrected chi connectivity index (χ4v) is 1.83. The van der Waals surface area contributed by atoms with Gasteiger partial charge in [-0.1, -0.05) is 30.3 Å². The second-order valence-corrected chi connectivity index (χ2v) is 4.03. The Morgan fingerprint density at radius 2 is 1.90 bits per heavy atom. The summed E-state index contributed by atoms with van der Waals surface area (Å²) >= 11 is 0. The molecule has 7 heteroatoms. The van der Waals surface area contributed by atoms with Gasteiger partial charge in [0.25, 0.3) is 0 Å². The molecule has 0 radical (unpaired) electrons. The molecule has 0 saturated carbocycles. The summed E-state index contributed by atoms with van der Waals surface area (Å²) < 4.78 is 2.11. The highest BCUT2D eigenvalue weighted by atomic mass is 15.2. The van der Waals surface area contributed by atoms with Gasteiger partial charge in [-0.2, -0.15) is 5.10 Å². The van der Waals surface area contributed by atoms with Crippen molar-refractivity contribution in [1.29, 1.82) is 0 Å². The number of imidazole rings is 1. The zero-order chi connectivity index (χ0) is 14.8. The number of amidine groups is 1. The van der Waals surface area contributed by atoms with Gasteiger partial charge in [-0.15, -0.1) is 0 Å². The molecule has 0 aliphatic rings. The molecular weight excluding hydrogens is 254 g/mol. The second-order valence-electron chi connectivity index (χ2n) is 4.03. The Morgan fingerprint density at radius 1 is 1.20 bits per heavy atom. The summed E-state index contributed by atoms with van der Waals surface area (Å²) in [6.07, 6.45) is 5.37. The third kappa shape index (κ3) is 4.38. The normalized spacial score (nSPS) is 10.8. The second kappa shape index (κ2) is 8.68. The quantitative estimate of drug-likeness (QED) is 0.271. The van der Waals surface area contributed by atoms with Crippen molar-refractivity contribution in [2.45, 2.75) is 19.4 Å². The number of aromatic nitrogens is 2. The van der Waals surface area contributed by atoms with Crippen LogP contribution >= 0.6 is 0 Å². The SMILES string of the molecule is NN.NN=C(N)CCCn1ccnc1-c1ccccc1. The molecular formula is C13H21N7. The number of benzene rings is 1. The minimum atomic E-state index is 0.483. The largest absolute Gasteiger partial charge is 0.386 e. The Morgan fingerprint density at radius 3 is 2.55 bits per heavy atom. The smallest absolute Gasteiger partial charge is 0.139 e. The molecule has 0 aliphatic carbocycles. The zero-order valence-electron chi connectivity index (χ0n) is 11.3. The van der Waals surface area contributed by atoms with E-state index in [2.05, 4.69) is 38.5 Å². The van der Waals surface area contributed by atoms with Gasteiger partial charge < -0.3 is 16.1 Å². The lowest BCUT2D eigenvalue weighted by Crippen LogP contribution is -2.14. The summed E-state index contributed by atoms with van der Waals surface area (Å²) in [4.78, 5) is 4.38. The fraction of sp³-hybridized carbons (Fsp3) is 0.231. The van der Waals surface area contributed by atoms with Crippen molar-refractivity contribution < 1.29 is 0 Å². The number of nitrogens with two attached hydrogens (primary N) is 4. The minimum Gasteiger partial charge on any atom is -0.386 e. The molecule has 1 heterocycles. The summed E-state index contributed by atoms with van der Waals surface area (Å²) in [5.74, 6) is 14.6. The molecule has 1 aromatic carbocycles. The number of hydrazine groups is 1. The van der Waals surface area contributed by atoms with E-state index in [0.717, 1.165) is 24.4 Å². The summed E-state index contributed by atoms with van der Waals surface area (Å²) in [6, 6.07) is 10.1. The number of hydrazone groups is 1. The molecule has 0 amide bonds. The van der Waals surface area contributed by atoms with Crippen LogP contribution in [0.15, 0.2) is 47.8 Å². The lowest BCUT2D eigenvalue weighted by molar-refractivity contribution is 0.662. The van der Waals surface area contributed by atoms with Gasteiger partial charge in [-0.3, -0.25) is 11.7 Å². The van der Waals surface area contributed by atoms with Gasteiger partial charge in [0.1, 0.15) is 11.7 Å². The predicted molar refractivity (Wildman–Crippen MR) is 81.1 cm³/mol. The Kier molecular flexibility index (Phi) is 6.80. The Hall–Kier alpha value is -2.38. The third-order valence-electron chi connectivity index (χ3n) is 2.75. The van der Waals surface area contributed by atoms with E-state index in [1.165, 1.54) is 0 Å². The van der Waals surface area contributed by atoms with Gasteiger partial charge >= 0.3 is 0 Å². The highest BCUT2D eigenvalue weighted by molar-refractivity contribution is 5.79. The molecule has 0 atom stereocenters. The van der Waals surface area contributed by atoms with E-state index in [0.29, 0.717) is 12.3 Å². The first kappa shape index (κ1) is 15.7. The first-order chi connectivity index (χ1) is 9.81. The molecule has 0 saturated heterocycles. The molecule has 0 fully saturated rings. The molecule has 0 spiro atoms. The van der Waals surface area contributed by atoms with Gasteiger partial charge in [0.05, 0.1) is 0 Å². The first-order valence-corrected chi connectivity index (χ1v) is 6.23. The standard InChI is InChI=1S/C13H17N5.H4N2/c14-12(17-15)7-4-9-18-10-8-16-13(18)11-5-2-1-3-6-11;1-2/h1-3,5-6,8,10H,4,7,9,15H2,(H2,14,17);1-2H2. The first-order valence-electron chi connectivity index (χ1n) is 6.23. The maximum Gasteiger partial charge on any atom is 0.139 e. The van der Waals surface area contributed by atoms with Crippen molar-refractivity contribution >= 4 is 5.84 Å². The van der Waals surface area contributed by atoms with Crippen LogP contribution in [-0.2, 0) is 6.54 Å². The molecule has 2 aromatic rings. The summed E-state index contributed by atoms with van der Waals surface area (Å²) in [5.41, 5.74) is 6.68. The number of hydrogen-bond donors (Lipinski definition) is 4. The summed E-state index contributed by atoms with van der Waals surface area (Å²) in [7, 11) is 0. The molecule has 0 unspecified atom stereocenters. The van der Waals surface area contributed by atoms with Crippen molar-refractivity contribution in [3.63, 3.8) is 0 Å². The minimum absolute atomic E-state index is 0.483. The van der Waals surface area contributed by atoms with E-state index in [-0.39, 0.29) is 0 Å². The van der Waals surface area contributed by atoms with Crippen LogP contribution in [0.1, 0.15) is 12.8 Å². The van der Waals surface area contributed by atoms with Crippen LogP contribution in [0.4, 0.5) is 0 Å². The summed E-state index contributed by atoms with van der Waals surface area (Å²) in [6.45, 7) is 0.848. The maximum absolute atomic E-state index is 5.56. The van der Waals surface area contributed by atoms with Gasteiger partial charge in [0.15, 0.2) is 0 Å². The van der Waals surface area contributed by atoms with E-state index >= 15 is 0 Å². The van der Waals surface area contributed by atoms with Crippen LogP contribution in [0.5, 0.6) is 0 Å². The maximum atomic E-state index is 5.56. The molecule has 0 aliphatic heterocycles. The number of rotatable bonds is 5. The average Bonchev–Trinajstić information content (AvgIpc) is 2.98. The van der Waals surface area contributed by atoms with Gasteiger partial charge in [-0.05, 0) is 6.42 Å². The van der Waals surface area contributed by atoms with Crippen LogP contribution < -0.4 is 23.3 Å². The van der Waals surface area contributed by atoms with Crippen molar-refractivity contribution in [2.75, 3.05) is 0 Å². The van der Waals surface area contributed by atoms with Gasteiger partial charge in [-0.25, -0.2) is 4.98 Å². The van der Waals surface area contributed by atoms with Crippen molar-refractivity contribution in [1.82, 2.24) is 9.55 Å². The van der Waals surface area contributed by atoms with Crippen molar-refractivity contribution in [3.8, 4) is 11.4 Å². The van der Waals surface area contributed by atoms with Crippen LogP contribution in [0, 0.1) is 0 Å². The monoisotopic (exact) mass is 275 g/mol. The zero-order valence-corrected chi connectivity index (χ0v) is 11.3. The topological polar surface area (TPSA) is 134 Å². The molecule has 108 valence electrons. The van der Waals surface area contributed by atoms with E-state index in [1.54, 1.807) is 0 Å². The molecule has 8 N–H and O–H groups in total. The summed E-state index contributed by atoms with van der Waals surface area (Å²) in [5, 5.41) is 3.46. The highest BCUT2D eigenvalue weighted by Gasteiger charge is 2.04. The Bertz CT molecular complexity index is 519. The van der Waals surface area contributed by atoms with Gasteiger partial charge in [0, 0.05) is 30.9 Å². The highest BCUT2D eigenvalue weighted by Crippen LogP contribution is 2.17. The van der Waals surface area contributed by atoms with Crippen LogP contribution in [0.2, 0.25) is 0 Å². The fourth-order valence-electron chi connectivity index (χ4n) is 1.83. The lowest BCUT2D eigenvalue weighted by Gasteiger charge is -2.07.